The normalized spacial score (nSPS) is 28.3. The summed E-state index contributed by atoms with van der Waals surface area (Å²) in [5, 5.41) is 0. The Bertz CT molecular complexity index is 197. The summed E-state index contributed by atoms with van der Waals surface area (Å²) in [5.74, 6) is 0. The fourth-order valence-electron chi connectivity index (χ4n) is 3.02. The number of hydrogen-bond acceptors (Lipinski definition) is 2. The van der Waals surface area contributed by atoms with Gasteiger partial charge >= 0.3 is 0 Å². The second-order valence-electron chi connectivity index (χ2n) is 4.90. The fraction of sp³-hybridized carbons (Fsp3) is 1.00. The van der Waals surface area contributed by atoms with Crippen molar-refractivity contribution in [1.82, 2.24) is 9.80 Å². The summed E-state index contributed by atoms with van der Waals surface area (Å²) in [6.07, 6.45) is 0.125. The van der Waals surface area contributed by atoms with E-state index in [0.717, 1.165) is 32.6 Å². The number of nitrogens with zero attached hydrogens (tertiary/aromatic N) is 2. The average molecular weight is 204 g/mol. The van der Waals surface area contributed by atoms with E-state index in [1.165, 1.54) is 6.42 Å². The zero-order valence-electron chi connectivity index (χ0n) is 8.68. The summed E-state index contributed by atoms with van der Waals surface area (Å²) in [6.45, 7) is 3.88. The molecule has 2 heterocycles. The van der Waals surface area contributed by atoms with Gasteiger partial charge in [-0.05, 0) is 26.4 Å². The molecule has 4 heteroatoms. The van der Waals surface area contributed by atoms with Gasteiger partial charge in [-0.3, -0.25) is 4.90 Å². The van der Waals surface area contributed by atoms with E-state index in [2.05, 4.69) is 11.9 Å². The largest absolute Gasteiger partial charge is 0.305 e. The van der Waals surface area contributed by atoms with Gasteiger partial charge in [-0.25, -0.2) is 8.78 Å². The highest BCUT2D eigenvalue weighted by Crippen LogP contribution is 2.37. The van der Waals surface area contributed by atoms with Crippen molar-refractivity contribution in [3.05, 3.63) is 0 Å². The number of rotatable bonds is 2. The van der Waals surface area contributed by atoms with Crippen LogP contribution in [0.1, 0.15) is 12.8 Å². The van der Waals surface area contributed by atoms with Crippen LogP contribution in [0.15, 0.2) is 0 Å². The van der Waals surface area contributed by atoms with E-state index >= 15 is 0 Å². The van der Waals surface area contributed by atoms with Gasteiger partial charge in [-0.2, -0.15) is 0 Å². The Kier molecular flexibility index (Phi) is 2.75. The Balaban J connectivity index is 1.85. The number of piperidine rings is 1. The third-order valence-electron chi connectivity index (χ3n) is 3.35. The number of halogens is 2. The van der Waals surface area contributed by atoms with Crippen molar-refractivity contribution in [2.75, 3.05) is 39.8 Å². The Morgan fingerprint density at radius 3 is 2.57 bits per heavy atom. The lowest BCUT2D eigenvalue weighted by atomic mass is 9.73. The van der Waals surface area contributed by atoms with Crippen molar-refractivity contribution in [3.8, 4) is 0 Å². The second kappa shape index (κ2) is 3.74. The molecule has 2 aliphatic heterocycles. The summed E-state index contributed by atoms with van der Waals surface area (Å²) in [5.41, 5.74) is 0.349. The molecule has 0 saturated carbocycles. The number of alkyl halides is 2. The molecule has 2 fully saturated rings. The first-order valence-corrected chi connectivity index (χ1v) is 5.29. The van der Waals surface area contributed by atoms with Crippen molar-refractivity contribution in [1.29, 1.82) is 0 Å². The molecule has 0 atom stereocenters. The lowest BCUT2D eigenvalue weighted by molar-refractivity contribution is -0.0524. The lowest BCUT2D eigenvalue weighted by Gasteiger charge is -2.53. The van der Waals surface area contributed by atoms with Gasteiger partial charge in [0.1, 0.15) is 0 Å². The molecule has 2 saturated heterocycles. The van der Waals surface area contributed by atoms with Crippen molar-refractivity contribution in [2.24, 2.45) is 5.41 Å². The van der Waals surface area contributed by atoms with Crippen LogP contribution in [-0.4, -0.2) is 56.0 Å². The number of hydrogen-bond donors (Lipinski definition) is 0. The van der Waals surface area contributed by atoms with Gasteiger partial charge in [0, 0.05) is 25.0 Å². The molecule has 2 aliphatic rings. The van der Waals surface area contributed by atoms with E-state index in [0.29, 0.717) is 5.41 Å². The van der Waals surface area contributed by atoms with Crippen LogP contribution in [0.4, 0.5) is 8.78 Å². The summed E-state index contributed by atoms with van der Waals surface area (Å²) in [6, 6.07) is 0. The van der Waals surface area contributed by atoms with Crippen LogP contribution in [0, 0.1) is 5.41 Å². The minimum absolute atomic E-state index is 0.0362. The molecular formula is C10H18F2N2. The van der Waals surface area contributed by atoms with E-state index < -0.39 is 6.43 Å². The SMILES string of the molecule is CN1CC2(CCCN(CC(F)F)C2)C1. The molecule has 0 aromatic heterocycles. The minimum atomic E-state index is -2.18. The molecule has 0 aliphatic carbocycles. The van der Waals surface area contributed by atoms with Gasteiger partial charge < -0.3 is 4.90 Å². The minimum Gasteiger partial charge on any atom is -0.305 e. The van der Waals surface area contributed by atoms with Gasteiger partial charge in [-0.15, -0.1) is 0 Å². The molecule has 1 spiro atoms. The molecule has 0 aromatic carbocycles. The average Bonchev–Trinajstić information content (AvgIpc) is 2.00. The number of likely N-dealkylation sites (tertiary alicyclic amines) is 2. The summed E-state index contributed by atoms with van der Waals surface area (Å²) < 4.78 is 24.4. The Labute approximate surface area is 83.9 Å². The van der Waals surface area contributed by atoms with Gasteiger partial charge in [0.2, 0.25) is 0 Å². The molecule has 0 radical (unpaired) electrons. The summed E-state index contributed by atoms with van der Waals surface area (Å²) in [7, 11) is 2.09. The first kappa shape index (κ1) is 10.3. The molecule has 2 rings (SSSR count). The van der Waals surface area contributed by atoms with Crippen LogP contribution in [-0.2, 0) is 0 Å². The van der Waals surface area contributed by atoms with Crippen LogP contribution in [0.3, 0.4) is 0 Å². The predicted molar refractivity (Wildman–Crippen MR) is 51.6 cm³/mol. The molecule has 82 valence electrons. The Morgan fingerprint density at radius 2 is 2.00 bits per heavy atom. The summed E-state index contributed by atoms with van der Waals surface area (Å²) in [4.78, 5) is 4.20. The first-order valence-electron chi connectivity index (χ1n) is 5.29. The Hall–Kier alpha value is -0.220. The van der Waals surface area contributed by atoms with Gasteiger partial charge in [0.25, 0.3) is 6.43 Å². The first-order chi connectivity index (χ1) is 6.60. The van der Waals surface area contributed by atoms with E-state index in [4.69, 9.17) is 0 Å². The van der Waals surface area contributed by atoms with Crippen LogP contribution >= 0.6 is 0 Å². The Morgan fingerprint density at radius 1 is 1.29 bits per heavy atom. The molecule has 0 aromatic rings. The predicted octanol–water partition coefficient (Wildman–Crippen LogP) is 1.28. The third-order valence-corrected chi connectivity index (χ3v) is 3.35. The zero-order valence-corrected chi connectivity index (χ0v) is 8.68. The zero-order chi connectivity index (χ0) is 10.2. The molecule has 0 N–H and O–H groups in total. The highest BCUT2D eigenvalue weighted by atomic mass is 19.3. The van der Waals surface area contributed by atoms with Crippen LogP contribution in [0.2, 0.25) is 0 Å². The van der Waals surface area contributed by atoms with Crippen LogP contribution in [0.5, 0.6) is 0 Å². The molecule has 0 amide bonds. The molecule has 0 bridgehead atoms. The van der Waals surface area contributed by atoms with Crippen molar-refractivity contribution >= 4 is 0 Å². The molecule has 0 unspecified atom stereocenters. The molecular weight excluding hydrogens is 186 g/mol. The van der Waals surface area contributed by atoms with E-state index in [1.807, 2.05) is 4.90 Å². The van der Waals surface area contributed by atoms with E-state index in [9.17, 15) is 8.78 Å². The molecule has 2 nitrogen and oxygen atoms in total. The monoisotopic (exact) mass is 204 g/mol. The van der Waals surface area contributed by atoms with Crippen LogP contribution < -0.4 is 0 Å². The molecule has 14 heavy (non-hydrogen) atoms. The van der Waals surface area contributed by atoms with Gasteiger partial charge in [-0.1, -0.05) is 0 Å². The smallest absolute Gasteiger partial charge is 0.251 e. The van der Waals surface area contributed by atoms with Gasteiger partial charge in [0.05, 0.1) is 6.54 Å². The van der Waals surface area contributed by atoms with Crippen molar-refractivity contribution in [3.63, 3.8) is 0 Å². The van der Waals surface area contributed by atoms with Gasteiger partial charge in [0.15, 0.2) is 0 Å². The fourth-order valence-corrected chi connectivity index (χ4v) is 3.02. The lowest BCUT2D eigenvalue weighted by Crippen LogP contribution is -2.61. The van der Waals surface area contributed by atoms with E-state index in [-0.39, 0.29) is 6.54 Å². The van der Waals surface area contributed by atoms with E-state index in [1.54, 1.807) is 0 Å². The van der Waals surface area contributed by atoms with Crippen molar-refractivity contribution in [2.45, 2.75) is 19.3 Å². The maximum atomic E-state index is 12.2. The quantitative estimate of drug-likeness (QED) is 0.668. The maximum Gasteiger partial charge on any atom is 0.251 e. The van der Waals surface area contributed by atoms with Crippen molar-refractivity contribution < 1.29 is 8.78 Å². The third kappa shape index (κ3) is 2.06. The van der Waals surface area contributed by atoms with Crippen LogP contribution in [0.25, 0.3) is 0 Å². The standard InChI is InChI=1S/C10H18F2N2/c1-13-6-10(7-13)3-2-4-14(8-10)5-9(11)12/h9H,2-8H2,1H3. The summed E-state index contributed by atoms with van der Waals surface area (Å²) >= 11 is 0. The highest BCUT2D eigenvalue weighted by molar-refractivity contribution is 4.97. The highest BCUT2D eigenvalue weighted by Gasteiger charge is 2.43. The second-order valence-corrected chi connectivity index (χ2v) is 4.90. The topological polar surface area (TPSA) is 6.48 Å². The maximum absolute atomic E-state index is 12.2.